The van der Waals surface area contributed by atoms with Gasteiger partial charge in [0.05, 0.1) is 5.60 Å². The topological polar surface area (TPSA) is 76.0 Å². The van der Waals surface area contributed by atoms with Gasteiger partial charge in [0, 0.05) is 24.8 Å². The highest BCUT2D eigenvalue weighted by molar-refractivity contribution is 6.30. The maximum atomic E-state index is 13.6. The monoisotopic (exact) mass is 418 g/mol. The molecule has 0 spiro atoms. The van der Waals surface area contributed by atoms with Crippen LogP contribution in [0.4, 0.5) is 0 Å². The number of hydrogen-bond donors (Lipinski definition) is 2. The number of ketones is 1. The van der Waals surface area contributed by atoms with Gasteiger partial charge in [0.1, 0.15) is 6.10 Å². The molecule has 5 nitrogen and oxygen atoms in total. The van der Waals surface area contributed by atoms with Gasteiger partial charge in [-0.1, -0.05) is 67.3 Å². The molecule has 2 aromatic carbocycles. The number of rotatable bonds is 7. The summed E-state index contributed by atoms with van der Waals surface area (Å²) >= 11 is 5.96. The summed E-state index contributed by atoms with van der Waals surface area (Å²) in [6.07, 6.45) is 2.91. The Morgan fingerprint density at radius 3 is 2.28 bits per heavy atom. The van der Waals surface area contributed by atoms with Crippen LogP contribution in [0.2, 0.25) is 5.02 Å². The molecule has 2 unspecified atom stereocenters. The molecule has 1 aliphatic rings. The average Bonchev–Trinajstić information content (AvgIpc) is 2.75. The number of hydrogen-bond acceptors (Lipinski definition) is 5. The van der Waals surface area contributed by atoms with E-state index < -0.39 is 23.3 Å². The molecule has 2 atom stereocenters. The van der Waals surface area contributed by atoms with Crippen LogP contribution in [0.3, 0.4) is 0 Å². The van der Waals surface area contributed by atoms with Crippen molar-refractivity contribution >= 4 is 17.4 Å². The summed E-state index contributed by atoms with van der Waals surface area (Å²) < 4.78 is 10.8. The van der Waals surface area contributed by atoms with Crippen LogP contribution in [0.1, 0.15) is 59.7 Å². The lowest BCUT2D eigenvalue weighted by Crippen LogP contribution is -2.48. The van der Waals surface area contributed by atoms with E-state index in [9.17, 15) is 15.0 Å². The average molecular weight is 419 g/mol. The van der Waals surface area contributed by atoms with E-state index in [0.717, 1.165) is 19.3 Å². The van der Waals surface area contributed by atoms with E-state index in [4.69, 9.17) is 21.1 Å². The minimum Gasteiger partial charge on any atom is -0.385 e. The van der Waals surface area contributed by atoms with Gasteiger partial charge in [0.2, 0.25) is 5.78 Å². The SMILES string of the molecule is COC(c1ccc(Cl)cc1)C(O)(OC)C(=O)c1ccccc1C1(O)CCCCC1. The van der Waals surface area contributed by atoms with Crippen molar-refractivity contribution in [3.63, 3.8) is 0 Å². The van der Waals surface area contributed by atoms with Gasteiger partial charge in [0.15, 0.2) is 0 Å². The Hall–Kier alpha value is -1.76. The van der Waals surface area contributed by atoms with Crippen molar-refractivity contribution < 1.29 is 24.5 Å². The molecule has 1 fully saturated rings. The van der Waals surface area contributed by atoms with Gasteiger partial charge in [0.25, 0.3) is 5.79 Å². The first-order chi connectivity index (χ1) is 13.9. The molecule has 156 valence electrons. The minimum atomic E-state index is -2.27. The standard InChI is InChI=1S/C23H27ClO5/c1-28-21(16-10-12-17(24)13-11-16)23(27,29-2)20(25)18-8-4-5-9-19(18)22(26)14-6-3-7-15-22/h4-5,8-13,21,26-27H,3,6-7,14-15H2,1-2H3. The van der Waals surface area contributed by atoms with Gasteiger partial charge < -0.3 is 19.7 Å². The number of carbonyl (C=O) groups excluding carboxylic acids is 1. The highest BCUT2D eigenvalue weighted by Gasteiger charge is 2.48. The van der Waals surface area contributed by atoms with Crippen LogP contribution < -0.4 is 0 Å². The molecule has 0 radical (unpaired) electrons. The largest absolute Gasteiger partial charge is 0.385 e. The van der Waals surface area contributed by atoms with E-state index in [0.29, 0.717) is 29.0 Å². The molecule has 1 saturated carbocycles. The Balaban J connectivity index is 2.04. The molecule has 2 aromatic rings. The number of methoxy groups -OCH3 is 2. The molecule has 0 bridgehead atoms. The highest BCUT2D eigenvalue weighted by Crippen LogP contribution is 2.41. The van der Waals surface area contributed by atoms with Gasteiger partial charge in [-0.15, -0.1) is 0 Å². The van der Waals surface area contributed by atoms with E-state index in [1.165, 1.54) is 14.2 Å². The fourth-order valence-corrected chi connectivity index (χ4v) is 4.29. The number of ether oxygens (including phenoxy) is 2. The van der Waals surface area contributed by atoms with Crippen LogP contribution in [-0.2, 0) is 15.1 Å². The van der Waals surface area contributed by atoms with E-state index in [-0.39, 0.29) is 5.56 Å². The number of halogens is 1. The van der Waals surface area contributed by atoms with E-state index in [1.54, 1.807) is 48.5 Å². The smallest absolute Gasteiger partial charge is 0.262 e. The zero-order chi connectivity index (χ0) is 21.1. The van der Waals surface area contributed by atoms with Crippen LogP contribution in [0.25, 0.3) is 0 Å². The van der Waals surface area contributed by atoms with Crippen LogP contribution in [0, 0.1) is 0 Å². The summed E-state index contributed by atoms with van der Waals surface area (Å²) in [6, 6.07) is 13.5. The number of carbonyl (C=O) groups is 1. The first kappa shape index (κ1) is 21.9. The molecular weight excluding hydrogens is 392 g/mol. The molecular formula is C23H27ClO5. The zero-order valence-corrected chi connectivity index (χ0v) is 17.5. The van der Waals surface area contributed by atoms with Crippen molar-refractivity contribution in [1.29, 1.82) is 0 Å². The lowest BCUT2D eigenvalue weighted by Gasteiger charge is -2.36. The summed E-state index contributed by atoms with van der Waals surface area (Å²) in [4.78, 5) is 13.6. The van der Waals surface area contributed by atoms with Gasteiger partial charge in [-0.25, -0.2) is 0 Å². The van der Waals surface area contributed by atoms with Crippen LogP contribution in [0.15, 0.2) is 48.5 Å². The number of aliphatic hydroxyl groups is 2. The number of Topliss-reactive ketones (excluding diaryl/α,β-unsaturated/α-hetero) is 1. The lowest BCUT2D eigenvalue weighted by molar-refractivity contribution is -0.215. The van der Waals surface area contributed by atoms with Crippen molar-refractivity contribution in [2.75, 3.05) is 14.2 Å². The third-order valence-electron chi connectivity index (χ3n) is 5.75. The van der Waals surface area contributed by atoms with Crippen molar-refractivity contribution in [2.45, 2.75) is 49.6 Å². The van der Waals surface area contributed by atoms with E-state index in [1.807, 2.05) is 0 Å². The summed E-state index contributed by atoms with van der Waals surface area (Å²) in [5, 5.41) is 23.1. The predicted molar refractivity (Wildman–Crippen MR) is 111 cm³/mol. The molecule has 29 heavy (non-hydrogen) atoms. The summed E-state index contributed by atoms with van der Waals surface area (Å²) in [5.41, 5.74) is 0.203. The Kier molecular flexibility index (Phi) is 6.76. The van der Waals surface area contributed by atoms with Crippen LogP contribution in [0.5, 0.6) is 0 Å². The lowest BCUT2D eigenvalue weighted by atomic mass is 9.76. The maximum Gasteiger partial charge on any atom is 0.262 e. The molecule has 2 N–H and O–H groups in total. The summed E-state index contributed by atoms with van der Waals surface area (Å²) in [5.74, 6) is -2.93. The second-order valence-electron chi connectivity index (χ2n) is 7.53. The van der Waals surface area contributed by atoms with E-state index in [2.05, 4.69) is 0 Å². The Morgan fingerprint density at radius 1 is 1.07 bits per heavy atom. The van der Waals surface area contributed by atoms with Crippen molar-refractivity contribution in [2.24, 2.45) is 0 Å². The third kappa shape index (κ3) is 4.25. The Morgan fingerprint density at radius 2 is 1.69 bits per heavy atom. The number of benzene rings is 2. The van der Waals surface area contributed by atoms with Gasteiger partial charge in [-0.05, 0) is 36.1 Å². The van der Waals surface area contributed by atoms with Crippen LogP contribution in [-0.4, -0.2) is 36.0 Å². The normalized spacial score (nSPS) is 19.3. The summed E-state index contributed by atoms with van der Waals surface area (Å²) in [7, 11) is 2.66. The highest BCUT2D eigenvalue weighted by atomic mass is 35.5. The third-order valence-corrected chi connectivity index (χ3v) is 6.01. The molecule has 0 heterocycles. The fourth-order valence-electron chi connectivity index (χ4n) is 4.16. The molecule has 6 heteroatoms. The molecule has 3 rings (SSSR count). The molecule has 0 aromatic heterocycles. The quantitative estimate of drug-likeness (QED) is 0.515. The first-order valence-electron chi connectivity index (χ1n) is 9.78. The molecule has 1 aliphatic carbocycles. The first-order valence-corrected chi connectivity index (χ1v) is 10.2. The predicted octanol–water partition coefficient (Wildman–Crippen LogP) is 4.40. The van der Waals surface area contributed by atoms with Crippen molar-refractivity contribution in [1.82, 2.24) is 0 Å². The fraction of sp³-hybridized carbons (Fsp3) is 0.435. The second-order valence-corrected chi connectivity index (χ2v) is 7.97. The second kappa shape index (κ2) is 8.94. The zero-order valence-electron chi connectivity index (χ0n) is 16.7. The Bertz CT molecular complexity index is 845. The maximum absolute atomic E-state index is 13.6. The van der Waals surface area contributed by atoms with Gasteiger partial charge in [-0.3, -0.25) is 4.79 Å². The van der Waals surface area contributed by atoms with E-state index >= 15 is 0 Å². The van der Waals surface area contributed by atoms with Crippen molar-refractivity contribution in [3.8, 4) is 0 Å². The molecule has 0 amide bonds. The minimum absolute atomic E-state index is 0.234. The van der Waals surface area contributed by atoms with Gasteiger partial charge in [-0.2, -0.15) is 0 Å². The summed E-state index contributed by atoms with van der Waals surface area (Å²) in [6.45, 7) is 0. The molecule has 0 saturated heterocycles. The van der Waals surface area contributed by atoms with Gasteiger partial charge >= 0.3 is 0 Å². The van der Waals surface area contributed by atoms with Crippen molar-refractivity contribution in [3.05, 3.63) is 70.2 Å². The Labute approximate surface area is 176 Å². The molecule has 0 aliphatic heterocycles. The van der Waals surface area contributed by atoms with Crippen LogP contribution >= 0.6 is 11.6 Å².